The zero-order chi connectivity index (χ0) is 88.2. The maximum atomic E-state index is 13.5. The van der Waals surface area contributed by atoms with Gasteiger partial charge < -0.3 is 57.2 Å². The van der Waals surface area contributed by atoms with E-state index in [0.717, 1.165) is 85.3 Å². The maximum Gasteiger partial charge on any atom is 1.00 e. The first kappa shape index (κ1) is 96.4. The van der Waals surface area contributed by atoms with Crippen LogP contribution >= 0.6 is 103 Å². The Kier molecular flexibility index (Phi) is 35.5. The average molecular weight is 2020 g/mol. The van der Waals surface area contributed by atoms with E-state index in [4.69, 9.17) is 95.1 Å². The molecular weight excluding hydrogens is 1940 g/mol. The zero-order valence-electron chi connectivity index (χ0n) is 67.1. The molecule has 16 aromatic rings. The number of nitrogen functional groups attached to an aromatic ring is 4. The van der Waals surface area contributed by atoms with Crippen molar-refractivity contribution >= 4 is 212 Å². The molecule has 16 rings (SSSR count). The maximum absolute atomic E-state index is 13.5. The molecule has 624 valence electrons. The number of aryl methyl sites for hydroxylation is 2. The Hall–Kier alpha value is -10.4. The molecular formula is C87H78Cl5I2N20NaO6S2. The quantitative estimate of drug-likeness (QED) is 0.0217. The topological polar surface area (TPSA) is 391 Å². The molecule has 0 unspecified atom stereocenters. The van der Waals surface area contributed by atoms with Crippen molar-refractivity contribution in [1.82, 2.24) is 58.1 Å². The number of hydrogen-bond acceptors (Lipinski definition) is 23. The smallest absolute Gasteiger partial charge is 0.796 e. The van der Waals surface area contributed by atoms with E-state index in [9.17, 15) is 19.2 Å². The molecule has 0 fully saturated rings. The average Bonchev–Trinajstić information content (AvgIpc) is 0.773. The van der Waals surface area contributed by atoms with Crippen molar-refractivity contribution in [3.05, 3.63) is 351 Å². The minimum atomic E-state index is -0.750. The van der Waals surface area contributed by atoms with E-state index in [1.54, 1.807) is 73.6 Å². The van der Waals surface area contributed by atoms with Gasteiger partial charge in [0.2, 0.25) is 23.8 Å². The van der Waals surface area contributed by atoms with Gasteiger partial charge in [-0.05, 0) is 205 Å². The second kappa shape index (κ2) is 45.3. The Morgan fingerprint density at radius 2 is 0.610 bits per heavy atom. The second-order valence-corrected chi connectivity index (χ2v) is 31.2. The van der Waals surface area contributed by atoms with Crippen LogP contribution in [-0.4, -0.2) is 72.8 Å². The Morgan fingerprint density at radius 1 is 0.366 bits per heavy atom. The first-order valence-corrected chi connectivity index (χ1v) is 42.5. The van der Waals surface area contributed by atoms with Crippen molar-refractivity contribution in [1.29, 1.82) is 0 Å². The number of fused-ring (bicyclic) bond motifs is 4. The van der Waals surface area contributed by atoms with Crippen LogP contribution in [0.15, 0.2) is 262 Å². The van der Waals surface area contributed by atoms with Gasteiger partial charge in [-0.3, -0.25) is 37.4 Å². The van der Waals surface area contributed by atoms with E-state index in [0.29, 0.717) is 64.2 Å². The van der Waals surface area contributed by atoms with Crippen molar-refractivity contribution in [2.24, 2.45) is 5.73 Å². The monoisotopic (exact) mass is 2010 g/mol. The number of benzene rings is 8. The molecule has 0 aliphatic carbocycles. The van der Waals surface area contributed by atoms with Crippen molar-refractivity contribution in [3.63, 3.8) is 0 Å². The predicted octanol–water partition coefficient (Wildman–Crippen LogP) is 15.3. The van der Waals surface area contributed by atoms with Crippen molar-refractivity contribution in [2.45, 2.75) is 65.7 Å². The molecule has 0 spiro atoms. The minimum Gasteiger partial charge on any atom is -0.796 e. The first-order chi connectivity index (χ1) is 58.6. The van der Waals surface area contributed by atoms with E-state index < -0.39 is 11.6 Å². The molecule has 0 saturated carbocycles. The number of rotatable bonds is 14. The summed E-state index contributed by atoms with van der Waals surface area (Å²) in [7, 11) is 0. The standard InChI is InChI=1S/2C22H20ClN5O.C21H17ClIN5O.C17H15ClN2O.C4H3ClIN3.CH4S.Na.O2S/c2*1-13-12-25-22(24)27-20(13)26-14(2)18-11-15-7-6-10-17(23)19(15)21(29)28(18)16-8-4-3-5-9-16;1-12(26-19-16(23)11-25-21(24)27-19)17-10-13-6-5-9-15(22)18(13)20(29)28(17)14-7-3-2-4-8-14;1-11(19)15-10-12-6-5-9-14(18)16(12)17(21)20(15)13-7-3-2-4-8-13;5-3-2(6)1-8-4(7)9-3;1-2;;1-3-2/h2*3-12,14H,1-2H3,(H3,24,25,26,27);2-12H,1H3,(H3,24,25,26,27);2-11H,19H2,1H3;1H,(H2,7,8,9);2H,1H3;;/q;;;;;;+1;/p-1/t2*14-;12-;11-;;;;/m0000..../s1. The van der Waals surface area contributed by atoms with Crippen LogP contribution in [0, 0.1) is 21.0 Å². The zero-order valence-corrected chi connectivity index (χ0v) is 78.8. The van der Waals surface area contributed by atoms with Crippen LogP contribution < -0.4 is 96.4 Å². The van der Waals surface area contributed by atoms with Crippen LogP contribution in [0.25, 0.3) is 65.8 Å². The fourth-order valence-corrected chi connectivity index (χ4v) is 14.8. The summed E-state index contributed by atoms with van der Waals surface area (Å²) < 4.78 is 24.9. The van der Waals surface area contributed by atoms with Crippen LogP contribution in [0.2, 0.25) is 25.2 Å². The van der Waals surface area contributed by atoms with Gasteiger partial charge in [-0.1, -0.05) is 179 Å². The van der Waals surface area contributed by atoms with Crippen molar-refractivity contribution < 1.29 is 38.0 Å². The molecule has 26 nitrogen and oxygen atoms in total. The summed E-state index contributed by atoms with van der Waals surface area (Å²) >= 11 is 38.4. The van der Waals surface area contributed by atoms with Gasteiger partial charge in [-0.25, -0.2) is 24.9 Å². The fraction of sp³-hybridized carbons (Fsp3) is 0.126. The summed E-state index contributed by atoms with van der Waals surface area (Å²) in [5.74, 6) is 2.65. The second-order valence-electron chi connectivity index (χ2n) is 26.8. The van der Waals surface area contributed by atoms with E-state index in [2.05, 4.69) is 91.0 Å². The number of pyridine rings is 4. The molecule has 4 atom stereocenters. The molecule has 0 amide bonds. The summed E-state index contributed by atoms with van der Waals surface area (Å²) in [6.45, 7) is 11.6. The molecule has 123 heavy (non-hydrogen) atoms. The third-order valence-electron chi connectivity index (χ3n) is 18.5. The fourth-order valence-electron chi connectivity index (χ4n) is 12.9. The van der Waals surface area contributed by atoms with Crippen LogP contribution in [0.5, 0.6) is 0 Å². The Balaban J connectivity index is 0.000000177. The predicted molar refractivity (Wildman–Crippen MR) is 515 cm³/mol. The summed E-state index contributed by atoms with van der Waals surface area (Å²) in [6.07, 6.45) is 8.15. The summed E-state index contributed by atoms with van der Waals surface area (Å²) in [5.41, 5.74) is 35.8. The number of halogens is 7. The summed E-state index contributed by atoms with van der Waals surface area (Å²) in [6, 6.07) is 66.7. The molecule has 8 aromatic heterocycles. The Morgan fingerprint density at radius 3 is 0.886 bits per heavy atom. The van der Waals surface area contributed by atoms with E-state index >= 15 is 0 Å². The largest absolute Gasteiger partial charge is 1.00 e. The van der Waals surface area contributed by atoms with E-state index in [1.165, 1.54) is 0 Å². The molecule has 36 heteroatoms. The molecule has 0 saturated heterocycles. The van der Waals surface area contributed by atoms with Crippen LogP contribution in [0.3, 0.4) is 0 Å². The van der Waals surface area contributed by atoms with Crippen molar-refractivity contribution in [2.75, 3.05) is 45.1 Å². The Bertz CT molecular complexity index is 6270. The molecule has 13 N–H and O–H groups in total. The number of hydrogen-bond donors (Lipinski definition) is 8. The number of aromatic nitrogens is 12. The minimum absolute atomic E-state index is 0. The summed E-state index contributed by atoms with van der Waals surface area (Å²) in [4.78, 5) is 85.5. The van der Waals surface area contributed by atoms with Crippen LogP contribution in [0.4, 0.5) is 41.2 Å². The number of anilines is 7. The molecule has 0 aliphatic heterocycles. The molecule has 0 radical (unpaired) electrons. The van der Waals surface area contributed by atoms with E-state index in [-0.39, 0.29) is 99.8 Å². The molecule has 8 heterocycles. The first-order valence-electron chi connectivity index (χ1n) is 36.9. The van der Waals surface area contributed by atoms with Gasteiger partial charge in [0.25, 0.3) is 22.2 Å². The molecule has 8 aromatic carbocycles. The molecule has 0 bridgehead atoms. The van der Waals surface area contributed by atoms with Gasteiger partial charge in [0.05, 0.1) is 66.9 Å². The summed E-state index contributed by atoms with van der Waals surface area (Å²) in [5, 5.41) is 17.4. The number of nitrogens with zero attached hydrogens (tertiary/aromatic N) is 12. The van der Waals surface area contributed by atoms with Gasteiger partial charge in [0.15, 0.2) is 0 Å². The van der Waals surface area contributed by atoms with Gasteiger partial charge in [0, 0.05) is 87.5 Å². The van der Waals surface area contributed by atoms with Gasteiger partial charge in [0.1, 0.15) is 22.6 Å². The third kappa shape index (κ3) is 23.7. The van der Waals surface area contributed by atoms with Crippen molar-refractivity contribution in [3.8, 4) is 22.7 Å². The van der Waals surface area contributed by atoms with E-state index in [1.807, 2.05) is 258 Å². The van der Waals surface area contributed by atoms with Gasteiger partial charge in [-0.2, -0.15) is 29.6 Å². The molecule has 0 aliphatic rings. The normalized spacial score (nSPS) is 11.5. The van der Waals surface area contributed by atoms with Gasteiger partial charge >= 0.3 is 41.1 Å². The number of nitrogens with one attached hydrogen (secondary N) is 3. The Labute approximate surface area is 790 Å². The number of para-hydroxylation sites is 4. The van der Waals surface area contributed by atoms with Crippen LogP contribution in [-0.2, 0) is 24.2 Å². The van der Waals surface area contributed by atoms with Crippen LogP contribution in [0.1, 0.15) is 85.8 Å². The van der Waals surface area contributed by atoms with Gasteiger partial charge in [-0.15, -0.1) is 0 Å². The third-order valence-corrected chi connectivity index (χ3v) is 21.9. The number of nitrogens with two attached hydrogens (primary N) is 5. The SMILES string of the molecule is C[C@H](N)c1cc2cccc(Cl)c2c(=O)n1-c1ccccc1.C[C@H](Nc1nc(N)ncc1I)c1cc2cccc(Cl)c2c(=O)n1-c1ccccc1.C[S-].Cc1cnc(N)nc1N[C@@H](C)c1cc2cccc(Cl)c2c(=O)n1-c1ccccc1.Cc1cnc(N)nc1N[C@@H](C)c1cc2cccc(Cl)c2c(=O)n1-c1ccccc1.Nc1ncc(I)c(Cl)n1.O=S=O.[Na+].